The molecule has 1 aromatic rings. The van der Waals surface area contributed by atoms with Gasteiger partial charge in [-0.05, 0) is 40.0 Å². The van der Waals surface area contributed by atoms with Crippen molar-refractivity contribution in [1.29, 1.82) is 0 Å². The molecule has 0 aromatic heterocycles. The fraction of sp³-hybridized carbons (Fsp3) is 0.294. The van der Waals surface area contributed by atoms with Gasteiger partial charge < -0.3 is 10.1 Å². The largest absolute Gasteiger partial charge is 0.462 e. The fourth-order valence-corrected chi connectivity index (χ4v) is 3.89. The smallest absolute Gasteiger partial charge is 0.336 e. The minimum atomic E-state index is -0.485. The predicted molar refractivity (Wildman–Crippen MR) is 83.8 cm³/mol. The highest BCUT2D eigenvalue weighted by molar-refractivity contribution is 9.10. The molecule has 0 bridgehead atoms. The summed E-state index contributed by atoms with van der Waals surface area (Å²) in [5.74, 6) is -1.24. The summed E-state index contributed by atoms with van der Waals surface area (Å²) in [6.45, 7) is 0.334. The quantitative estimate of drug-likeness (QED) is 0.764. The summed E-state index contributed by atoms with van der Waals surface area (Å²) in [5, 5.41) is 3.26. The maximum Gasteiger partial charge on any atom is 0.336 e. The number of esters is 1. The molecule has 1 unspecified atom stereocenters. The predicted octanol–water partition coefficient (Wildman–Crippen LogP) is 3.09. The van der Waals surface area contributed by atoms with Crippen LogP contribution in [0.25, 0.3) is 0 Å². The van der Waals surface area contributed by atoms with Crippen molar-refractivity contribution in [2.45, 2.75) is 25.2 Å². The maximum absolute atomic E-state index is 13.6. The van der Waals surface area contributed by atoms with Crippen LogP contribution in [0, 0.1) is 5.82 Å². The van der Waals surface area contributed by atoms with Crippen molar-refractivity contribution < 1.29 is 18.7 Å². The summed E-state index contributed by atoms with van der Waals surface area (Å²) in [7, 11) is 0. The third-order valence-electron chi connectivity index (χ3n) is 4.51. The number of rotatable bonds is 1. The zero-order valence-corrected chi connectivity index (χ0v) is 13.7. The van der Waals surface area contributed by atoms with E-state index in [2.05, 4.69) is 21.2 Å². The molecule has 0 radical (unpaired) electrons. The molecule has 0 saturated heterocycles. The number of ether oxygens (including phenoxy) is 1. The van der Waals surface area contributed by atoms with Crippen LogP contribution in [0.3, 0.4) is 0 Å². The molecule has 0 spiro atoms. The Morgan fingerprint density at radius 1 is 1.13 bits per heavy atom. The minimum absolute atomic E-state index is 0.0304. The molecule has 1 atom stereocenters. The number of allylic oxidation sites excluding steroid dienone is 2. The molecule has 0 amide bonds. The molecule has 118 valence electrons. The Hall–Kier alpha value is -1.95. The molecule has 1 aromatic carbocycles. The zero-order valence-electron chi connectivity index (χ0n) is 12.1. The van der Waals surface area contributed by atoms with Crippen molar-refractivity contribution in [2.24, 2.45) is 0 Å². The van der Waals surface area contributed by atoms with Crippen LogP contribution in [0.1, 0.15) is 30.7 Å². The van der Waals surface area contributed by atoms with Crippen LogP contribution in [0.2, 0.25) is 0 Å². The Bertz CT molecular complexity index is 812. The van der Waals surface area contributed by atoms with Gasteiger partial charge in [-0.2, -0.15) is 0 Å². The molecule has 3 aliphatic rings. The van der Waals surface area contributed by atoms with Crippen molar-refractivity contribution in [3.8, 4) is 0 Å². The second-order valence-corrected chi connectivity index (χ2v) is 6.68. The summed E-state index contributed by atoms with van der Waals surface area (Å²) in [4.78, 5) is 24.7. The molecule has 23 heavy (non-hydrogen) atoms. The highest BCUT2D eigenvalue weighted by Gasteiger charge is 2.42. The minimum Gasteiger partial charge on any atom is -0.462 e. The topological polar surface area (TPSA) is 55.4 Å². The molecule has 2 aliphatic heterocycles. The average Bonchev–Trinajstić information content (AvgIpc) is 2.90. The average molecular weight is 378 g/mol. The lowest BCUT2D eigenvalue weighted by molar-refractivity contribution is -0.140. The number of Topliss-reactive ketones (excluding diaryl/α,β-unsaturated/α-hetero) is 1. The molecule has 4 nitrogen and oxygen atoms in total. The van der Waals surface area contributed by atoms with Gasteiger partial charge in [0, 0.05) is 35.7 Å². The molecule has 0 fully saturated rings. The Labute approximate surface area is 140 Å². The van der Waals surface area contributed by atoms with Gasteiger partial charge in [0.25, 0.3) is 0 Å². The molecule has 0 saturated carbocycles. The van der Waals surface area contributed by atoms with Crippen LogP contribution in [0.4, 0.5) is 4.39 Å². The number of carbonyl (C=O) groups is 2. The second-order valence-electron chi connectivity index (χ2n) is 5.83. The van der Waals surface area contributed by atoms with Crippen LogP contribution in [-0.2, 0) is 14.3 Å². The molecule has 2 heterocycles. The summed E-state index contributed by atoms with van der Waals surface area (Å²) in [6.07, 6.45) is 1.69. The number of cyclic esters (lactones) is 1. The van der Waals surface area contributed by atoms with Gasteiger partial charge in [0.05, 0.1) is 16.7 Å². The number of nitrogens with one attached hydrogen (secondary N) is 1. The van der Waals surface area contributed by atoms with Gasteiger partial charge in [-0.1, -0.05) is 6.07 Å². The molecule has 1 aliphatic carbocycles. The lowest BCUT2D eigenvalue weighted by atomic mass is 9.79. The Morgan fingerprint density at radius 3 is 2.70 bits per heavy atom. The number of benzene rings is 1. The summed E-state index contributed by atoms with van der Waals surface area (Å²) < 4.78 is 19.1. The first kappa shape index (κ1) is 14.6. The lowest BCUT2D eigenvalue weighted by Crippen LogP contribution is -2.34. The SMILES string of the molecule is O=C1CCC2=C1C(c1ccc(F)c(Br)c1)C1=C(CCOC1=O)N2. The lowest BCUT2D eigenvalue weighted by Gasteiger charge is -2.32. The van der Waals surface area contributed by atoms with Crippen molar-refractivity contribution in [2.75, 3.05) is 6.61 Å². The van der Waals surface area contributed by atoms with E-state index in [0.717, 1.165) is 11.4 Å². The van der Waals surface area contributed by atoms with E-state index in [4.69, 9.17) is 4.74 Å². The first-order valence-electron chi connectivity index (χ1n) is 7.44. The van der Waals surface area contributed by atoms with E-state index < -0.39 is 11.9 Å². The van der Waals surface area contributed by atoms with E-state index in [9.17, 15) is 14.0 Å². The third kappa shape index (κ3) is 2.24. The van der Waals surface area contributed by atoms with Crippen LogP contribution < -0.4 is 5.32 Å². The number of hydrogen-bond donors (Lipinski definition) is 1. The fourth-order valence-electron chi connectivity index (χ4n) is 3.50. The van der Waals surface area contributed by atoms with E-state index >= 15 is 0 Å². The van der Waals surface area contributed by atoms with Crippen LogP contribution >= 0.6 is 15.9 Å². The summed E-state index contributed by atoms with van der Waals surface area (Å²) in [6, 6.07) is 4.60. The summed E-state index contributed by atoms with van der Waals surface area (Å²) >= 11 is 3.18. The summed E-state index contributed by atoms with van der Waals surface area (Å²) in [5.41, 5.74) is 3.51. The van der Waals surface area contributed by atoms with E-state index in [1.54, 1.807) is 12.1 Å². The zero-order chi connectivity index (χ0) is 16.1. The Balaban J connectivity index is 1.91. The number of hydrogen-bond acceptors (Lipinski definition) is 4. The molecular weight excluding hydrogens is 365 g/mol. The molecule has 6 heteroatoms. The van der Waals surface area contributed by atoms with Crippen LogP contribution in [-0.4, -0.2) is 18.4 Å². The first-order valence-corrected chi connectivity index (χ1v) is 8.24. The van der Waals surface area contributed by atoms with Gasteiger partial charge in [-0.25, -0.2) is 9.18 Å². The number of halogens is 2. The molecule has 4 rings (SSSR count). The highest BCUT2D eigenvalue weighted by atomic mass is 79.9. The van der Waals surface area contributed by atoms with Crippen molar-refractivity contribution in [3.05, 3.63) is 56.6 Å². The van der Waals surface area contributed by atoms with E-state index in [1.165, 1.54) is 6.07 Å². The van der Waals surface area contributed by atoms with Gasteiger partial charge in [-0.15, -0.1) is 0 Å². The van der Waals surface area contributed by atoms with Crippen molar-refractivity contribution in [3.63, 3.8) is 0 Å². The maximum atomic E-state index is 13.6. The van der Waals surface area contributed by atoms with E-state index in [1.807, 2.05) is 0 Å². The van der Waals surface area contributed by atoms with E-state index in [0.29, 0.717) is 47.1 Å². The number of carbonyl (C=O) groups excluding carboxylic acids is 2. The van der Waals surface area contributed by atoms with E-state index in [-0.39, 0.29) is 11.6 Å². The number of dihydropyridines is 1. The molecule has 1 N–H and O–H groups in total. The standard InChI is InChI=1S/C17H13BrFNO3/c18-9-7-8(1-2-10(9)19)14-15-11(3-4-13(15)21)20-12-5-6-23-17(22)16(12)14/h1-2,7,14,20H,3-6H2. The van der Waals surface area contributed by atoms with Crippen LogP contribution in [0.15, 0.2) is 45.2 Å². The molecular formula is C17H13BrFNO3. The van der Waals surface area contributed by atoms with Gasteiger partial charge in [0.1, 0.15) is 5.82 Å². The third-order valence-corrected chi connectivity index (χ3v) is 5.12. The van der Waals surface area contributed by atoms with Gasteiger partial charge >= 0.3 is 5.97 Å². The van der Waals surface area contributed by atoms with Gasteiger partial charge in [0.2, 0.25) is 0 Å². The Morgan fingerprint density at radius 2 is 1.91 bits per heavy atom. The number of ketones is 1. The van der Waals surface area contributed by atoms with Gasteiger partial charge in [-0.3, -0.25) is 4.79 Å². The first-order chi connectivity index (χ1) is 11.1. The second kappa shape index (κ2) is 5.30. The monoisotopic (exact) mass is 377 g/mol. The van der Waals surface area contributed by atoms with Crippen molar-refractivity contribution in [1.82, 2.24) is 5.32 Å². The normalized spacial score (nSPS) is 23.5. The van der Waals surface area contributed by atoms with Crippen molar-refractivity contribution >= 4 is 27.7 Å². The highest BCUT2D eigenvalue weighted by Crippen LogP contribution is 2.45. The van der Waals surface area contributed by atoms with Gasteiger partial charge in [0.15, 0.2) is 5.78 Å². The Kier molecular flexibility index (Phi) is 3.37. The van der Waals surface area contributed by atoms with Crippen LogP contribution in [0.5, 0.6) is 0 Å².